The molecule has 0 heterocycles. The Labute approximate surface area is 68.6 Å². The van der Waals surface area contributed by atoms with Gasteiger partial charge in [0.2, 0.25) is 0 Å². The van der Waals surface area contributed by atoms with E-state index in [-0.39, 0.29) is 40.5 Å². The van der Waals surface area contributed by atoms with E-state index >= 15 is 0 Å². The molecule has 0 saturated heterocycles. The molecule has 4 N–H and O–H groups in total. The van der Waals surface area contributed by atoms with Gasteiger partial charge in [-0.1, -0.05) is 0 Å². The third-order valence-electron chi connectivity index (χ3n) is 0. The van der Waals surface area contributed by atoms with E-state index in [1.165, 1.54) is 0 Å². The van der Waals surface area contributed by atoms with Crippen LogP contribution in [0.5, 0.6) is 0 Å². The van der Waals surface area contributed by atoms with Gasteiger partial charge in [-0.25, -0.2) is 0 Å². The van der Waals surface area contributed by atoms with Crippen molar-refractivity contribution in [3.8, 4) is 0 Å². The van der Waals surface area contributed by atoms with Gasteiger partial charge in [-0.05, 0) is 0 Å². The monoisotopic (exact) mass is 148 g/mol. The smallest absolute Gasteiger partial charge is 0 e. The quantitative estimate of drug-likeness (QED) is 0.267. The molecule has 0 saturated carbocycles. The summed E-state index contributed by atoms with van der Waals surface area (Å²) in [5.41, 5.74) is 0. The van der Waals surface area contributed by atoms with Crippen LogP contribution in [0.1, 0.15) is 0 Å². The van der Waals surface area contributed by atoms with Gasteiger partial charge in [0.1, 0.15) is 0 Å². The summed E-state index contributed by atoms with van der Waals surface area (Å²) in [6.07, 6.45) is 0. The van der Waals surface area contributed by atoms with Crippen LogP contribution in [-0.4, -0.2) is 68.8 Å². The van der Waals surface area contributed by atoms with Crippen molar-refractivity contribution in [1.29, 1.82) is 0 Å². The minimum Gasteiger partial charge on any atom is 0 e. The Morgan fingerprint density at radius 2 is 0.857 bits per heavy atom. The molecule has 0 spiro atoms. The average molecular weight is 148 g/mol. The molecule has 0 bridgehead atoms. The average Bonchev–Trinajstić information content (AvgIpc) is 0.722. The molecule has 0 fully saturated rings. The van der Waals surface area contributed by atoms with Gasteiger partial charge in [0, 0.05) is 11.0 Å². The fourth-order valence-electron chi connectivity index (χ4n) is 0. The Morgan fingerprint density at radius 1 is 0.857 bits per heavy atom. The Bertz CT molecular complexity index is 25.2. The van der Waals surface area contributed by atoms with E-state index in [0.29, 0.717) is 0 Å². The van der Waals surface area contributed by atoms with E-state index in [1.54, 1.807) is 0 Å². The molecule has 0 aliphatic carbocycles. The van der Waals surface area contributed by atoms with Gasteiger partial charge in [0.25, 0.3) is 0 Å². The maximum atomic E-state index is 7.33. The van der Waals surface area contributed by atoms with Crippen LogP contribution in [0.4, 0.5) is 0 Å². The van der Waals surface area contributed by atoms with E-state index in [1.807, 2.05) is 0 Å². The normalized spacial score (nSPS) is 8.57. The Morgan fingerprint density at radius 3 is 0.857 bits per heavy atom. The molecule has 0 aromatic rings. The Kier molecular flexibility index (Phi) is 12.2. The summed E-state index contributed by atoms with van der Waals surface area (Å²) in [7, 11) is -4.61. The van der Waals surface area contributed by atoms with Crippen LogP contribution in [0.2, 0.25) is 0 Å². The van der Waals surface area contributed by atoms with Gasteiger partial charge in [-0.15, -0.1) is 0 Å². The molecule has 0 aliphatic rings. The molecule has 4 radical (unpaired) electrons. The molecule has 38 valence electrons. The molecule has 0 aromatic heterocycles. The first-order valence-corrected chi connectivity index (χ1v) is 2.68. The summed E-state index contributed by atoms with van der Waals surface area (Å²) in [5, 5.41) is 0. The summed E-state index contributed by atoms with van der Waals surface area (Å²) in [4.78, 5) is 29.3. The third-order valence-corrected chi connectivity index (χ3v) is 0. The molecule has 7 heteroatoms. The van der Waals surface area contributed by atoms with Crippen molar-refractivity contribution >= 4 is 49.6 Å². The van der Waals surface area contributed by atoms with Crippen molar-refractivity contribution in [2.45, 2.75) is 0 Å². The third kappa shape index (κ3) is 125. The molecule has 7 heavy (non-hydrogen) atoms. The molecule has 0 rings (SSSR count). The fraction of sp³-hybridized carbons (Fsp3) is 0. The second-order valence-electron chi connectivity index (χ2n) is 0.600. The first kappa shape index (κ1) is 15.7. The SMILES string of the molecule is O[Si](O)(O)O.[NaH].[Si]. The zero-order valence-electron chi connectivity index (χ0n) is 2.79. The van der Waals surface area contributed by atoms with Crippen LogP contribution < -0.4 is 0 Å². The van der Waals surface area contributed by atoms with Crippen molar-refractivity contribution in [1.82, 2.24) is 0 Å². The van der Waals surface area contributed by atoms with Crippen LogP contribution >= 0.6 is 0 Å². The van der Waals surface area contributed by atoms with E-state index in [2.05, 4.69) is 0 Å². The number of rotatable bonds is 0. The standard InChI is InChI=1S/Na.H4O4Si.Si.H/c;1-5(2,3)4;;/h;1-4H;;. The zero-order valence-corrected chi connectivity index (χ0v) is 4.79. The molecular formula is H5NaO4Si2. The maximum absolute atomic E-state index is 7.33. The Hall–Kier alpha value is 1.27. The molecule has 0 unspecified atom stereocenters. The second kappa shape index (κ2) is 5.41. The number of hydrogen-bond acceptors (Lipinski definition) is 4. The molecule has 4 nitrogen and oxygen atoms in total. The van der Waals surface area contributed by atoms with E-state index in [0.717, 1.165) is 0 Å². The van der Waals surface area contributed by atoms with Gasteiger partial charge in [0.15, 0.2) is 0 Å². The largest absolute Gasteiger partial charge is 0 e. The van der Waals surface area contributed by atoms with Crippen LogP contribution in [0.25, 0.3) is 0 Å². The van der Waals surface area contributed by atoms with Crippen LogP contribution in [0, 0.1) is 0 Å². The van der Waals surface area contributed by atoms with Gasteiger partial charge in [0.05, 0.1) is 0 Å². The minimum atomic E-state index is -4.61. The summed E-state index contributed by atoms with van der Waals surface area (Å²) in [5.74, 6) is 0. The zero-order chi connectivity index (χ0) is 4.50. The Balaban J connectivity index is -0.0000000800. The summed E-state index contributed by atoms with van der Waals surface area (Å²) >= 11 is 0. The van der Waals surface area contributed by atoms with Gasteiger partial charge in [-0.3, -0.25) is 0 Å². The van der Waals surface area contributed by atoms with E-state index < -0.39 is 9.05 Å². The van der Waals surface area contributed by atoms with Crippen molar-refractivity contribution in [2.75, 3.05) is 0 Å². The molecule has 0 aliphatic heterocycles. The molecule has 0 aromatic carbocycles. The first-order valence-electron chi connectivity index (χ1n) is 0.894. The first-order chi connectivity index (χ1) is 2.00. The minimum absolute atomic E-state index is 0. The van der Waals surface area contributed by atoms with Gasteiger partial charge >= 0.3 is 38.6 Å². The molecule has 0 amide bonds. The summed E-state index contributed by atoms with van der Waals surface area (Å²) in [6, 6.07) is 0. The van der Waals surface area contributed by atoms with Crippen molar-refractivity contribution in [3.05, 3.63) is 0 Å². The van der Waals surface area contributed by atoms with Gasteiger partial charge < -0.3 is 19.2 Å². The van der Waals surface area contributed by atoms with Crippen LogP contribution in [0.3, 0.4) is 0 Å². The van der Waals surface area contributed by atoms with Crippen molar-refractivity contribution in [2.24, 2.45) is 0 Å². The van der Waals surface area contributed by atoms with Crippen LogP contribution in [0.15, 0.2) is 0 Å². The van der Waals surface area contributed by atoms with E-state index in [4.69, 9.17) is 19.2 Å². The van der Waals surface area contributed by atoms with Gasteiger partial charge in [-0.2, -0.15) is 0 Å². The predicted octanol–water partition coefficient (Wildman–Crippen LogP) is -3.64. The second-order valence-corrected chi connectivity index (χ2v) is 1.80. The predicted molar refractivity (Wildman–Crippen MR) is 27.5 cm³/mol. The summed E-state index contributed by atoms with van der Waals surface area (Å²) in [6.45, 7) is 0. The molecule has 0 atom stereocenters. The topological polar surface area (TPSA) is 80.9 Å². The fourth-order valence-corrected chi connectivity index (χ4v) is 0. The van der Waals surface area contributed by atoms with E-state index in [9.17, 15) is 0 Å². The number of hydrogen-bond donors (Lipinski definition) is 4. The van der Waals surface area contributed by atoms with Crippen LogP contribution in [-0.2, 0) is 0 Å². The van der Waals surface area contributed by atoms with Crippen molar-refractivity contribution in [3.63, 3.8) is 0 Å². The molecular weight excluding hydrogens is 143 g/mol. The van der Waals surface area contributed by atoms with Crippen molar-refractivity contribution < 1.29 is 19.2 Å². The summed E-state index contributed by atoms with van der Waals surface area (Å²) < 4.78 is 0. The maximum Gasteiger partial charge on any atom is 0 e.